The van der Waals surface area contributed by atoms with Crippen molar-refractivity contribution in [2.45, 2.75) is 25.1 Å². The SMILES string of the molecule is N#C[C@H]1C[C@@H]1c1c(Cl)ccc2nc(Cn3nc(C(F)(F)F)cc3Cl)cc(=O)n12. The van der Waals surface area contributed by atoms with Crippen LogP contribution in [0.1, 0.15) is 29.4 Å². The Hall–Kier alpha value is -2.57. The van der Waals surface area contributed by atoms with Gasteiger partial charge in [-0.1, -0.05) is 23.2 Å². The standard InChI is InChI=1S/C17H10Cl2F3N5O/c18-11-1-2-14-24-9(7-26-13(19)5-12(25-26)17(20,21)22)4-15(28)27(14)16(11)10-3-8(10)6-23/h1-2,4-5,8,10H,3,7H2/t8-,10+/m1/s1. The summed E-state index contributed by atoms with van der Waals surface area (Å²) in [7, 11) is 0. The number of nitriles is 1. The highest BCUT2D eigenvalue weighted by atomic mass is 35.5. The maximum absolute atomic E-state index is 12.8. The molecule has 4 rings (SSSR count). The molecule has 0 unspecified atom stereocenters. The van der Waals surface area contributed by atoms with Crippen molar-refractivity contribution < 1.29 is 13.2 Å². The lowest BCUT2D eigenvalue weighted by atomic mass is 10.2. The molecule has 28 heavy (non-hydrogen) atoms. The van der Waals surface area contributed by atoms with E-state index in [4.69, 9.17) is 28.5 Å². The number of nitrogens with zero attached hydrogens (tertiary/aromatic N) is 5. The molecule has 0 saturated heterocycles. The minimum absolute atomic E-state index is 0.151. The Morgan fingerprint density at radius 2 is 2.04 bits per heavy atom. The highest BCUT2D eigenvalue weighted by molar-refractivity contribution is 6.31. The third-order valence-electron chi connectivity index (χ3n) is 4.50. The van der Waals surface area contributed by atoms with Crippen molar-refractivity contribution in [1.29, 1.82) is 5.26 Å². The average Bonchev–Trinajstić information content (AvgIpc) is 3.30. The summed E-state index contributed by atoms with van der Waals surface area (Å²) in [4.78, 5) is 17.0. The number of pyridine rings is 1. The zero-order chi connectivity index (χ0) is 20.2. The monoisotopic (exact) mass is 427 g/mol. The fourth-order valence-electron chi connectivity index (χ4n) is 3.10. The van der Waals surface area contributed by atoms with Gasteiger partial charge < -0.3 is 0 Å². The van der Waals surface area contributed by atoms with Crippen molar-refractivity contribution >= 4 is 28.8 Å². The molecule has 0 aromatic carbocycles. The molecule has 6 nitrogen and oxygen atoms in total. The average molecular weight is 428 g/mol. The molecule has 0 bridgehead atoms. The van der Waals surface area contributed by atoms with Crippen LogP contribution in [0.25, 0.3) is 5.65 Å². The van der Waals surface area contributed by atoms with Crippen molar-refractivity contribution in [3.8, 4) is 6.07 Å². The van der Waals surface area contributed by atoms with Crippen molar-refractivity contribution in [2.75, 3.05) is 0 Å². The van der Waals surface area contributed by atoms with Crippen molar-refractivity contribution in [1.82, 2.24) is 19.2 Å². The summed E-state index contributed by atoms with van der Waals surface area (Å²) in [6.45, 7) is -0.205. The topological polar surface area (TPSA) is 76.0 Å². The van der Waals surface area contributed by atoms with Crippen LogP contribution in [-0.2, 0) is 12.7 Å². The van der Waals surface area contributed by atoms with Crippen molar-refractivity contribution in [3.63, 3.8) is 0 Å². The largest absolute Gasteiger partial charge is 0.435 e. The van der Waals surface area contributed by atoms with Crippen LogP contribution in [0, 0.1) is 17.2 Å². The van der Waals surface area contributed by atoms with Gasteiger partial charge in [-0.3, -0.25) is 9.20 Å². The second-order valence-electron chi connectivity index (χ2n) is 6.43. The Labute approximate surface area is 165 Å². The van der Waals surface area contributed by atoms with Crippen LogP contribution in [0.4, 0.5) is 13.2 Å². The quantitative estimate of drug-likeness (QED) is 0.635. The van der Waals surface area contributed by atoms with Gasteiger partial charge in [0.05, 0.1) is 34.9 Å². The highest BCUT2D eigenvalue weighted by Gasteiger charge is 2.41. The predicted octanol–water partition coefficient (Wildman–Crippen LogP) is 3.89. The van der Waals surface area contributed by atoms with E-state index in [-0.39, 0.29) is 34.9 Å². The molecule has 2 atom stereocenters. The number of halogens is 5. The minimum Gasteiger partial charge on any atom is -0.269 e. The molecular formula is C17H10Cl2F3N5O. The molecule has 1 fully saturated rings. The number of aromatic nitrogens is 4. The normalized spacial score (nSPS) is 19.0. The Morgan fingerprint density at radius 1 is 1.29 bits per heavy atom. The first-order valence-corrected chi connectivity index (χ1v) is 8.86. The number of alkyl halides is 3. The molecule has 3 aromatic heterocycles. The molecule has 11 heteroatoms. The molecule has 0 amide bonds. The van der Waals surface area contributed by atoms with Crippen molar-refractivity contribution in [2.24, 2.45) is 5.92 Å². The lowest BCUT2D eigenvalue weighted by Crippen LogP contribution is -2.20. The predicted molar refractivity (Wildman–Crippen MR) is 94.3 cm³/mol. The molecular weight excluding hydrogens is 418 g/mol. The minimum atomic E-state index is -4.63. The first kappa shape index (κ1) is 18.8. The van der Waals surface area contributed by atoms with Gasteiger partial charge >= 0.3 is 6.18 Å². The second kappa shape index (κ2) is 6.50. The molecule has 0 aliphatic heterocycles. The summed E-state index contributed by atoms with van der Waals surface area (Å²) in [6, 6.07) is 7.17. The Bertz CT molecular complexity index is 1190. The van der Waals surface area contributed by atoms with Gasteiger partial charge in [-0.05, 0) is 18.6 Å². The van der Waals surface area contributed by atoms with Crippen LogP contribution in [0.15, 0.2) is 29.1 Å². The fraction of sp³-hybridized carbons (Fsp3) is 0.294. The molecule has 0 spiro atoms. The molecule has 1 aliphatic carbocycles. The third kappa shape index (κ3) is 3.23. The molecule has 144 valence electrons. The van der Waals surface area contributed by atoms with E-state index < -0.39 is 17.4 Å². The van der Waals surface area contributed by atoms with Gasteiger partial charge in [0.2, 0.25) is 0 Å². The van der Waals surface area contributed by atoms with Crippen LogP contribution in [0.2, 0.25) is 10.2 Å². The zero-order valence-corrected chi connectivity index (χ0v) is 15.4. The van der Waals surface area contributed by atoms with Gasteiger partial charge in [-0.2, -0.15) is 23.5 Å². The van der Waals surface area contributed by atoms with Crippen molar-refractivity contribution in [3.05, 3.63) is 61.9 Å². The Balaban J connectivity index is 1.76. The highest BCUT2D eigenvalue weighted by Crippen LogP contribution is 2.48. The van der Waals surface area contributed by atoms with E-state index in [1.807, 2.05) is 0 Å². The van der Waals surface area contributed by atoms with E-state index in [0.717, 1.165) is 4.68 Å². The van der Waals surface area contributed by atoms with Crippen LogP contribution in [0.5, 0.6) is 0 Å². The van der Waals surface area contributed by atoms with Crippen LogP contribution < -0.4 is 5.56 Å². The smallest absolute Gasteiger partial charge is 0.269 e. The molecule has 0 N–H and O–H groups in total. The van der Waals surface area contributed by atoms with E-state index in [2.05, 4.69) is 16.2 Å². The first-order chi connectivity index (χ1) is 13.2. The van der Waals surface area contributed by atoms with Crippen LogP contribution in [-0.4, -0.2) is 19.2 Å². The number of fused-ring (bicyclic) bond motifs is 1. The summed E-state index contributed by atoms with van der Waals surface area (Å²) in [5.41, 5.74) is -0.568. The van der Waals surface area contributed by atoms with E-state index in [1.165, 1.54) is 16.5 Å². The third-order valence-corrected chi connectivity index (χ3v) is 5.13. The number of rotatable bonds is 3. The maximum Gasteiger partial charge on any atom is 0.435 e. The van der Waals surface area contributed by atoms with Gasteiger partial charge in [-0.25, -0.2) is 9.67 Å². The molecule has 1 saturated carbocycles. The van der Waals surface area contributed by atoms with Gasteiger partial charge in [0.25, 0.3) is 5.56 Å². The van der Waals surface area contributed by atoms with E-state index in [1.54, 1.807) is 6.07 Å². The summed E-state index contributed by atoms with van der Waals surface area (Å²) >= 11 is 12.1. The van der Waals surface area contributed by atoms with Crippen LogP contribution >= 0.6 is 23.2 Å². The summed E-state index contributed by atoms with van der Waals surface area (Å²) < 4.78 is 40.6. The molecule has 3 aromatic rings. The lowest BCUT2D eigenvalue weighted by Gasteiger charge is -2.11. The van der Waals surface area contributed by atoms with Gasteiger partial charge in [0.15, 0.2) is 5.69 Å². The summed E-state index contributed by atoms with van der Waals surface area (Å²) in [5, 5.41) is 12.6. The first-order valence-electron chi connectivity index (χ1n) is 8.10. The number of hydrogen-bond acceptors (Lipinski definition) is 4. The Kier molecular flexibility index (Phi) is 4.36. The zero-order valence-electron chi connectivity index (χ0n) is 13.9. The molecule has 3 heterocycles. The summed E-state index contributed by atoms with van der Waals surface area (Å²) in [6.07, 6.45) is -4.02. The number of hydrogen-bond donors (Lipinski definition) is 0. The van der Waals surface area contributed by atoms with Gasteiger partial charge in [0.1, 0.15) is 10.8 Å². The lowest BCUT2D eigenvalue weighted by molar-refractivity contribution is -0.141. The van der Waals surface area contributed by atoms with Gasteiger partial charge in [-0.15, -0.1) is 0 Å². The molecule has 1 aliphatic rings. The van der Waals surface area contributed by atoms with Crippen LogP contribution in [0.3, 0.4) is 0 Å². The molecule has 0 radical (unpaired) electrons. The van der Waals surface area contributed by atoms with Gasteiger partial charge in [0, 0.05) is 18.1 Å². The second-order valence-corrected chi connectivity index (χ2v) is 7.23. The summed E-state index contributed by atoms with van der Waals surface area (Å²) in [5.74, 6) is -0.361. The van der Waals surface area contributed by atoms with E-state index in [0.29, 0.717) is 23.2 Å². The Morgan fingerprint density at radius 3 is 2.64 bits per heavy atom. The maximum atomic E-state index is 12.8. The fourth-order valence-corrected chi connectivity index (χ4v) is 3.59. The van der Waals surface area contributed by atoms with E-state index >= 15 is 0 Å². The van der Waals surface area contributed by atoms with E-state index in [9.17, 15) is 18.0 Å².